The summed E-state index contributed by atoms with van der Waals surface area (Å²) in [6, 6.07) is 12.0. The predicted octanol–water partition coefficient (Wildman–Crippen LogP) is 3.49. The van der Waals surface area contributed by atoms with E-state index in [2.05, 4.69) is 15.5 Å². The van der Waals surface area contributed by atoms with Crippen LogP contribution in [0.5, 0.6) is 0 Å². The Hall–Kier alpha value is -3.24. The number of nitrogens with one attached hydrogen (secondary N) is 1. The lowest BCUT2D eigenvalue weighted by molar-refractivity contribution is -0.124. The van der Waals surface area contributed by atoms with Crippen molar-refractivity contribution in [2.75, 3.05) is 28.3 Å². The molecule has 9 nitrogen and oxygen atoms in total. The molecule has 2 heterocycles. The smallest absolute Gasteiger partial charge is 0.244 e. The molecule has 3 aromatic rings. The SMILES string of the molecule is Cc1ccc(N(CC(=O)Nc2ccc(-c3ncon3)cc2)C(=O)C2CCS(=O)(=O)CC2)cc1Cl. The molecule has 2 amide bonds. The highest BCUT2D eigenvalue weighted by Crippen LogP contribution is 2.28. The number of amides is 2. The van der Waals surface area contributed by atoms with Gasteiger partial charge in [0.1, 0.15) is 16.4 Å². The number of anilines is 2. The molecule has 1 aliphatic rings. The van der Waals surface area contributed by atoms with Crippen LogP contribution in [0.25, 0.3) is 11.4 Å². The summed E-state index contributed by atoms with van der Waals surface area (Å²) in [5, 5.41) is 7.03. The summed E-state index contributed by atoms with van der Waals surface area (Å²) in [7, 11) is -3.12. The van der Waals surface area contributed by atoms with Gasteiger partial charge in [0.05, 0.1) is 11.5 Å². The highest BCUT2D eigenvalue weighted by atomic mass is 35.5. The average Bonchev–Trinajstić information content (AvgIpc) is 3.34. The topological polar surface area (TPSA) is 122 Å². The number of hydrogen-bond acceptors (Lipinski definition) is 7. The van der Waals surface area contributed by atoms with Crippen LogP contribution < -0.4 is 10.2 Å². The van der Waals surface area contributed by atoms with Gasteiger partial charge < -0.3 is 14.7 Å². The van der Waals surface area contributed by atoms with Gasteiger partial charge in [-0.1, -0.05) is 22.8 Å². The molecule has 0 atom stereocenters. The first kappa shape index (κ1) is 23.9. The minimum absolute atomic E-state index is 0.0369. The summed E-state index contributed by atoms with van der Waals surface area (Å²) in [5.74, 6) is -0.820. The van der Waals surface area contributed by atoms with E-state index in [1.54, 1.807) is 42.5 Å². The van der Waals surface area contributed by atoms with Gasteiger partial charge in [-0.15, -0.1) is 0 Å². The molecule has 0 spiro atoms. The van der Waals surface area contributed by atoms with Crippen molar-refractivity contribution in [3.05, 3.63) is 59.4 Å². The Morgan fingerprint density at radius 3 is 2.47 bits per heavy atom. The predicted molar refractivity (Wildman–Crippen MR) is 128 cm³/mol. The van der Waals surface area contributed by atoms with E-state index < -0.39 is 21.7 Å². The number of carbonyl (C=O) groups excluding carboxylic acids is 2. The third kappa shape index (κ3) is 5.63. The number of halogens is 1. The normalized spacial score (nSPS) is 15.6. The van der Waals surface area contributed by atoms with E-state index in [4.69, 9.17) is 16.1 Å². The van der Waals surface area contributed by atoms with Crippen LogP contribution in [0.2, 0.25) is 5.02 Å². The van der Waals surface area contributed by atoms with Crippen LogP contribution in [0.4, 0.5) is 11.4 Å². The number of sulfone groups is 1. The zero-order valence-electron chi connectivity index (χ0n) is 18.4. The van der Waals surface area contributed by atoms with Crippen LogP contribution in [-0.4, -0.2) is 48.4 Å². The molecule has 2 aromatic carbocycles. The lowest BCUT2D eigenvalue weighted by Crippen LogP contribution is -2.43. The molecule has 1 fully saturated rings. The van der Waals surface area contributed by atoms with Crippen LogP contribution >= 0.6 is 11.6 Å². The maximum Gasteiger partial charge on any atom is 0.244 e. The Bertz CT molecular complexity index is 1280. The molecular weight excluding hydrogens is 480 g/mol. The van der Waals surface area contributed by atoms with E-state index >= 15 is 0 Å². The molecule has 1 saturated heterocycles. The quantitative estimate of drug-likeness (QED) is 0.547. The zero-order valence-corrected chi connectivity index (χ0v) is 20.0. The van der Waals surface area contributed by atoms with E-state index in [9.17, 15) is 18.0 Å². The van der Waals surface area contributed by atoms with Crippen molar-refractivity contribution in [1.82, 2.24) is 10.1 Å². The van der Waals surface area contributed by atoms with Crippen molar-refractivity contribution in [2.24, 2.45) is 5.92 Å². The van der Waals surface area contributed by atoms with Gasteiger partial charge in [0.2, 0.25) is 24.0 Å². The first-order chi connectivity index (χ1) is 16.2. The lowest BCUT2D eigenvalue weighted by atomic mass is 10.0. The standard InChI is InChI=1S/C23H23ClN4O5S/c1-15-2-7-19(12-20(15)24)28(23(30)17-8-10-34(31,32)11-9-17)13-21(29)26-18-5-3-16(4-6-18)22-25-14-33-27-22/h2-7,12,14,17H,8-11,13H2,1H3,(H,26,29). The van der Waals surface area contributed by atoms with Crippen LogP contribution in [0.3, 0.4) is 0 Å². The van der Waals surface area contributed by atoms with Crippen molar-refractivity contribution in [2.45, 2.75) is 19.8 Å². The number of nitrogens with zero attached hydrogens (tertiary/aromatic N) is 3. The second-order valence-corrected chi connectivity index (χ2v) is 10.9. The van der Waals surface area contributed by atoms with Crippen molar-refractivity contribution < 1.29 is 22.5 Å². The van der Waals surface area contributed by atoms with Gasteiger partial charge in [-0.2, -0.15) is 4.98 Å². The number of carbonyl (C=O) groups is 2. The monoisotopic (exact) mass is 502 g/mol. The molecular formula is C23H23ClN4O5S. The molecule has 178 valence electrons. The summed E-state index contributed by atoms with van der Waals surface area (Å²) in [6.07, 6.45) is 1.70. The zero-order chi connectivity index (χ0) is 24.3. The summed E-state index contributed by atoms with van der Waals surface area (Å²) in [4.78, 5) is 31.6. The number of aromatic nitrogens is 2. The van der Waals surface area contributed by atoms with E-state index in [-0.39, 0.29) is 36.8 Å². The number of hydrogen-bond donors (Lipinski definition) is 1. The van der Waals surface area contributed by atoms with Gasteiger partial charge >= 0.3 is 0 Å². The van der Waals surface area contributed by atoms with E-state index in [0.717, 1.165) is 11.1 Å². The van der Waals surface area contributed by atoms with Crippen LogP contribution in [0, 0.1) is 12.8 Å². The summed E-state index contributed by atoms with van der Waals surface area (Å²) in [6.45, 7) is 1.60. The van der Waals surface area contributed by atoms with Crippen LogP contribution in [0.1, 0.15) is 18.4 Å². The van der Waals surface area contributed by atoms with Gasteiger partial charge in [-0.05, 0) is 61.7 Å². The molecule has 0 aliphatic carbocycles. The van der Waals surface area contributed by atoms with Gasteiger partial charge in [-0.25, -0.2) is 8.42 Å². The molecule has 11 heteroatoms. The maximum atomic E-state index is 13.4. The van der Waals surface area contributed by atoms with Gasteiger partial charge in [0.25, 0.3) is 0 Å². The first-order valence-corrected chi connectivity index (χ1v) is 12.9. The van der Waals surface area contributed by atoms with Crippen molar-refractivity contribution >= 4 is 44.6 Å². The number of aryl methyl sites for hydroxylation is 1. The fraction of sp³-hybridized carbons (Fsp3) is 0.304. The van der Waals surface area contributed by atoms with Gasteiger partial charge in [-0.3, -0.25) is 9.59 Å². The van der Waals surface area contributed by atoms with Crippen molar-refractivity contribution in [3.8, 4) is 11.4 Å². The van der Waals surface area contributed by atoms with Gasteiger partial charge in [0, 0.05) is 27.9 Å². The minimum atomic E-state index is -3.12. The molecule has 4 rings (SSSR count). The van der Waals surface area contributed by atoms with Crippen LogP contribution in [-0.2, 0) is 19.4 Å². The van der Waals surface area contributed by atoms with Crippen molar-refractivity contribution in [1.29, 1.82) is 0 Å². The summed E-state index contributed by atoms with van der Waals surface area (Å²) >= 11 is 6.27. The van der Waals surface area contributed by atoms with Gasteiger partial charge in [0.15, 0.2) is 0 Å². The summed E-state index contributed by atoms with van der Waals surface area (Å²) in [5.41, 5.74) is 2.59. The Morgan fingerprint density at radius 2 is 1.85 bits per heavy atom. The fourth-order valence-electron chi connectivity index (χ4n) is 3.75. The Labute approximate surface area is 202 Å². The minimum Gasteiger partial charge on any atom is -0.342 e. The van der Waals surface area contributed by atoms with Crippen molar-refractivity contribution in [3.63, 3.8) is 0 Å². The molecule has 0 bridgehead atoms. The highest BCUT2D eigenvalue weighted by Gasteiger charge is 2.33. The van der Waals surface area contributed by atoms with E-state index in [1.165, 1.54) is 11.3 Å². The molecule has 0 saturated carbocycles. The number of benzene rings is 2. The number of rotatable bonds is 6. The molecule has 1 N–H and O–H groups in total. The second-order valence-electron chi connectivity index (χ2n) is 8.16. The average molecular weight is 503 g/mol. The molecule has 1 aliphatic heterocycles. The van der Waals surface area contributed by atoms with E-state index in [1.807, 2.05) is 6.92 Å². The largest absolute Gasteiger partial charge is 0.342 e. The maximum absolute atomic E-state index is 13.4. The Morgan fingerprint density at radius 1 is 1.15 bits per heavy atom. The third-order valence-corrected chi connectivity index (χ3v) is 7.85. The lowest BCUT2D eigenvalue weighted by Gasteiger charge is -2.29. The first-order valence-electron chi connectivity index (χ1n) is 10.7. The third-order valence-electron chi connectivity index (χ3n) is 5.73. The molecule has 1 aromatic heterocycles. The van der Waals surface area contributed by atoms with E-state index in [0.29, 0.717) is 22.2 Å². The Balaban J connectivity index is 1.51. The highest BCUT2D eigenvalue weighted by molar-refractivity contribution is 7.91. The summed E-state index contributed by atoms with van der Waals surface area (Å²) < 4.78 is 28.3. The second kappa shape index (κ2) is 9.94. The van der Waals surface area contributed by atoms with Crippen LogP contribution in [0.15, 0.2) is 53.4 Å². The molecule has 0 radical (unpaired) electrons. The Kier molecular flexibility index (Phi) is 6.99. The molecule has 0 unspecified atom stereocenters. The molecule has 34 heavy (non-hydrogen) atoms. The fourth-order valence-corrected chi connectivity index (χ4v) is 5.41.